The average Bonchev–Trinajstić information content (AvgIpc) is 2.08. The second kappa shape index (κ2) is 5.79. The average molecular weight is 186 g/mol. The van der Waals surface area contributed by atoms with Gasteiger partial charge >= 0.3 is 0 Å². The molecular formula is C11H26Si. The van der Waals surface area contributed by atoms with Gasteiger partial charge in [0.15, 0.2) is 0 Å². The third-order valence-electron chi connectivity index (χ3n) is 3.50. The number of hydrogen-bond donors (Lipinski definition) is 0. The minimum absolute atomic E-state index is 0.780. The van der Waals surface area contributed by atoms with Crippen molar-refractivity contribution in [1.29, 1.82) is 0 Å². The van der Waals surface area contributed by atoms with Gasteiger partial charge in [-0.25, -0.2) is 0 Å². The molecule has 0 aliphatic heterocycles. The van der Waals surface area contributed by atoms with Gasteiger partial charge in [-0.2, -0.15) is 0 Å². The molecule has 0 aliphatic rings. The summed E-state index contributed by atoms with van der Waals surface area (Å²) >= 11 is 0. The molecule has 0 N–H and O–H groups in total. The van der Waals surface area contributed by atoms with Crippen LogP contribution in [0.1, 0.15) is 41.0 Å². The maximum atomic E-state index is 2.40. The Morgan fingerprint density at radius 2 is 1.33 bits per heavy atom. The van der Waals surface area contributed by atoms with E-state index < -0.39 is 8.07 Å². The molecule has 0 rings (SSSR count). The molecule has 0 aliphatic carbocycles. The zero-order chi connectivity index (χ0) is 9.61. The van der Waals surface area contributed by atoms with Crippen LogP contribution in [0.2, 0.25) is 24.2 Å². The van der Waals surface area contributed by atoms with Gasteiger partial charge in [0.1, 0.15) is 0 Å². The first-order valence-corrected chi connectivity index (χ1v) is 8.43. The lowest BCUT2D eigenvalue weighted by molar-refractivity contribution is 0.617. The van der Waals surface area contributed by atoms with Crippen LogP contribution in [0, 0.1) is 5.92 Å². The summed E-state index contributed by atoms with van der Waals surface area (Å²) < 4.78 is 0. The predicted molar refractivity (Wildman–Crippen MR) is 61.5 cm³/mol. The van der Waals surface area contributed by atoms with Gasteiger partial charge in [-0.3, -0.25) is 0 Å². The minimum Gasteiger partial charge on any atom is -0.0678 e. The normalized spacial score (nSPS) is 12.5. The highest BCUT2D eigenvalue weighted by atomic mass is 28.3. The zero-order valence-corrected chi connectivity index (χ0v) is 10.6. The minimum atomic E-state index is -0.780. The van der Waals surface area contributed by atoms with E-state index in [-0.39, 0.29) is 0 Å². The van der Waals surface area contributed by atoms with Crippen LogP contribution in [0.25, 0.3) is 0 Å². The van der Waals surface area contributed by atoms with Gasteiger partial charge < -0.3 is 0 Å². The highest BCUT2D eigenvalue weighted by Gasteiger charge is 2.25. The third-order valence-corrected chi connectivity index (χ3v) is 9.35. The Labute approximate surface area is 79.8 Å². The third kappa shape index (κ3) is 3.75. The number of hydrogen-bond acceptors (Lipinski definition) is 0. The molecule has 0 saturated carbocycles. The molecule has 0 unspecified atom stereocenters. The van der Waals surface area contributed by atoms with E-state index in [9.17, 15) is 0 Å². The van der Waals surface area contributed by atoms with Crippen LogP contribution in [0.3, 0.4) is 0 Å². The van der Waals surface area contributed by atoms with Crippen LogP contribution in [0.4, 0.5) is 0 Å². The summed E-state index contributed by atoms with van der Waals surface area (Å²) in [6, 6.07) is 6.04. The fraction of sp³-hybridized carbons (Fsp3) is 1.00. The van der Waals surface area contributed by atoms with E-state index in [1.807, 2.05) is 0 Å². The van der Waals surface area contributed by atoms with Crippen LogP contribution in [-0.4, -0.2) is 8.07 Å². The molecule has 0 aromatic heterocycles. The molecule has 12 heavy (non-hydrogen) atoms. The fourth-order valence-corrected chi connectivity index (χ4v) is 5.63. The van der Waals surface area contributed by atoms with E-state index in [1.165, 1.54) is 24.6 Å². The molecule has 0 aromatic carbocycles. The Morgan fingerprint density at radius 1 is 0.917 bits per heavy atom. The van der Waals surface area contributed by atoms with Crippen molar-refractivity contribution in [2.45, 2.75) is 65.2 Å². The first-order valence-electron chi connectivity index (χ1n) is 5.60. The maximum absolute atomic E-state index is 2.40. The van der Waals surface area contributed by atoms with Crippen LogP contribution < -0.4 is 0 Å². The van der Waals surface area contributed by atoms with Crippen molar-refractivity contribution in [3.8, 4) is 0 Å². The van der Waals surface area contributed by atoms with Crippen LogP contribution >= 0.6 is 0 Å². The summed E-state index contributed by atoms with van der Waals surface area (Å²) in [5, 5.41) is 0. The van der Waals surface area contributed by atoms with E-state index >= 15 is 0 Å². The van der Waals surface area contributed by atoms with E-state index in [1.54, 1.807) is 6.04 Å². The van der Waals surface area contributed by atoms with Gasteiger partial charge in [-0.1, -0.05) is 65.2 Å². The Balaban J connectivity index is 3.93. The molecule has 0 radical (unpaired) electrons. The topological polar surface area (TPSA) is 0 Å². The molecule has 0 bridgehead atoms. The van der Waals surface area contributed by atoms with Crippen molar-refractivity contribution < 1.29 is 0 Å². The Morgan fingerprint density at radius 3 is 1.58 bits per heavy atom. The lowest BCUT2D eigenvalue weighted by Crippen LogP contribution is -2.31. The largest absolute Gasteiger partial charge is 0.0678 e. The van der Waals surface area contributed by atoms with E-state index in [0.29, 0.717) is 0 Å². The van der Waals surface area contributed by atoms with Crippen molar-refractivity contribution in [3.05, 3.63) is 0 Å². The van der Waals surface area contributed by atoms with E-state index in [2.05, 4.69) is 34.6 Å². The smallest absolute Gasteiger partial charge is 0.0527 e. The molecule has 0 nitrogen and oxygen atoms in total. The molecule has 1 heteroatoms. The molecular weight excluding hydrogens is 160 g/mol. The standard InChI is InChI=1S/C11H26Si/c1-6-12(7-2,8-3)10-9-11(4)5/h11H,6-10H2,1-5H3. The fourth-order valence-electron chi connectivity index (χ4n) is 1.88. The van der Waals surface area contributed by atoms with Gasteiger partial charge in [0.05, 0.1) is 8.07 Å². The van der Waals surface area contributed by atoms with Gasteiger partial charge in [0.2, 0.25) is 0 Å². The van der Waals surface area contributed by atoms with Crippen LogP contribution in [0.5, 0.6) is 0 Å². The SMILES string of the molecule is CC[Si](CC)(CC)CCC(C)C. The summed E-state index contributed by atoms with van der Waals surface area (Å²) in [4.78, 5) is 0. The lowest BCUT2D eigenvalue weighted by atomic mass is 10.2. The first-order chi connectivity index (χ1) is 5.60. The summed E-state index contributed by atoms with van der Waals surface area (Å²) in [7, 11) is -0.780. The molecule has 0 amide bonds. The highest BCUT2D eigenvalue weighted by Crippen LogP contribution is 2.28. The molecule has 0 saturated heterocycles. The Hall–Kier alpha value is 0.217. The lowest BCUT2D eigenvalue weighted by Gasteiger charge is -2.28. The van der Waals surface area contributed by atoms with Crippen LogP contribution in [-0.2, 0) is 0 Å². The molecule has 0 aromatic rings. The summed E-state index contributed by atoms with van der Waals surface area (Å²) in [5.41, 5.74) is 0. The van der Waals surface area contributed by atoms with Gasteiger partial charge in [-0.15, -0.1) is 0 Å². The molecule has 0 fully saturated rings. The Bertz CT molecular complexity index is 95.3. The van der Waals surface area contributed by atoms with Crippen molar-refractivity contribution in [2.75, 3.05) is 0 Å². The van der Waals surface area contributed by atoms with E-state index in [4.69, 9.17) is 0 Å². The molecule has 74 valence electrons. The monoisotopic (exact) mass is 186 g/mol. The van der Waals surface area contributed by atoms with Crippen molar-refractivity contribution >= 4 is 8.07 Å². The first kappa shape index (κ1) is 12.2. The predicted octanol–water partition coefficient (Wildman–Crippen LogP) is 4.54. The Kier molecular flexibility index (Phi) is 5.90. The zero-order valence-electron chi connectivity index (χ0n) is 9.61. The maximum Gasteiger partial charge on any atom is 0.0527 e. The summed E-state index contributed by atoms with van der Waals surface area (Å²) in [6.45, 7) is 11.9. The van der Waals surface area contributed by atoms with Crippen LogP contribution in [0.15, 0.2) is 0 Å². The highest BCUT2D eigenvalue weighted by molar-refractivity contribution is 6.79. The van der Waals surface area contributed by atoms with E-state index in [0.717, 1.165) is 5.92 Å². The molecule has 0 spiro atoms. The quantitative estimate of drug-likeness (QED) is 0.534. The van der Waals surface area contributed by atoms with Gasteiger partial charge in [0, 0.05) is 0 Å². The summed E-state index contributed by atoms with van der Waals surface area (Å²) in [5.74, 6) is 0.904. The summed E-state index contributed by atoms with van der Waals surface area (Å²) in [6.07, 6.45) is 1.46. The number of rotatable bonds is 6. The van der Waals surface area contributed by atoms with Crippen molar-refractivity contribution in [3.63, 3.8) is 0 Å². The second-order valence-corrected chi connectivity index (χ2v) is 10.1. The van der Waals surface area contributed by atoms with Gasteiger partial charge in [0.25, 0.3) is 0 Å². The molecule has 0 heterocycles. The van der Waals surface area contributed by atoms with Crippen molar-refractivity contribution in [1.82, 2.24) is 0 Å². The van der Waals surface area contributed by atoms with Crippen molar-refractivity contribution in [2.24, 2.45) is 5.92 Å². The molecule has 0 atom stereocenters. The second-order valence-electron chi connectivity index (χ2n) is 4.49. The van der Waals surface area contributed by atoms with Gasteiger partial charge in [-0.05, 0) is 5.92 Å².